The highest BCUT2D eigenvalue weighted by Crippen LogP contribution is 2.39. The zero-order valence-electron chi connectivity index (χ0n) is 20.9. The molecule has 2 aromatic carbocycles. The SMILES string of the molecule is Cc1cc2c(s1)Nc1ccccc1N=C2N1CC[N+](C)(COC(=O)C(C)(C)c2ccccc2)CC1. The molecule has 0 amide bonds. The van der Waals surface area contributed by atoms with Crippen LogP contribution in [-0.2, 0) is 14.9 Å². The van der Waals surface area contributed by atoms with E-state index in [1.54, 1.807) is 11.3 Å². The molecule has 5 rings (SSSR count). The summed E-state index contributed by atoms with van der Waals surface area (Å²) in [5.74, 6) is 0.843. The Balaban J connectivity index is 1.28. The average molecular weight is 490 g/mol. The van der Waals surface area contributed by atoms with Gasteiger partial charge in [0.1, 0.15) is 10.8 Å². The fourth-order valence-electron chi connectivity index (χ4n) is 4.64. The number of anilines is 2. The number of thiophene rings is 1. The average Bonchev–Trinajstić information content (AvgIpc) is 3.15. The van der Waals surface area contributed by atoms with Crippen molar-refractivity contribution in [3.8, 4) is 0 Å². The second kappa shape index (κ2) is 9.13. The number of nitrogens with zero attached hydrogens (tertiary/aromatic N) is 3. The number of hydrogen-bond acceptors (Lipinski definition) is 6. The van der Waals surface area contributed by atoms with Crippen LogP contribution >= 0.6 is 11.3 Å². The molecule has 2 aliphatic heterocycles. The maximum absolute atomic E-state index is 13.0. The molecule has 0 atom stereocenters. The van der Waals surface area contributed by atoms with Gasteiger partial charge in [-0.15, -0.1) is 11.3 Å². The molecule has 0 saturated carbocycles. The third-order valence-corrected chi connectivity index (χ3v) is 8.07. The Hall–Kier alpha value is -3.16. The molecule has 182 valence electrons. The Bertz CT molecular complexity index is 1260. The summed E-state index contributed by atoms with van der Waals surface area (Å²) in [4.78, 5) is 21.7. The third kappa shape index (κ3) is 4.70. The third-order valence-electron chi connectivity index (χ3n) is 7.11. The first-order valence-electron chi connectivity index (χ1n) is 12.1. The van der Waals surface area contributed by atoms with Gasteiger partial charge in [0, 0.05) is 4.88 Å². The van der Waals surface area contributed by atoms with Crippen molar-refractivity contribution in [2.45, 2.75) is 26.2 Å². The highest BCUT2D eigenvalue weighted by Gasteiger charge is 2.36. The summed E-state index contributed by atoms with van der Waals surface area (Å²) in [7, 11) is 2.17. The number of benzene rings is 2. The minimum Gasteiger partial charge on any atom is -0.414 e. The molecule has 3 aromatic rings. The molecule has 0 spiro atoms. The second-order valence-electron chi connectivity index (χ2n) is 10.3. The van der Waals surface area contributed by atoms with Gasteiger partial charge in [-0.2, -0.15) is 0 Å². The van der Waals surface area contributed by atoms with Gasteiger partial charge < -0.3 is 15.0 Å². The van der Waals surface area contributed by atoms with Gasteiger partial charge in [-0.3, -0.25) is 9.28 Å². The monoisotopic (exact) mass is 489 g/mol. The number of aliphatic imine (C=N–C) groups is 1. The lowest BCUT2D eigenvalue weighted by Crippen LogP contribution is -2.59. The first-order chi connectivity index (χ1) is 16.7. The van der Waals surface area contributed by atoms with Gasteiger partial charge in [-0.25, -0.2) is 4.99 Å². The van der Waals surface area contributed by atoms with Gasteiger partial charge in [0.05, 0.1) is 55.6 Å². The Labute approximate surface area is 211 Å². The number of fused-ring (bicyclic) bond motifs is 2. The summed E-state index contributed by atoms with van der Waals surface area (Å²) in [6.45, 7) is 9.84. The molecule has 6 nitrogen and oxygen atoms in total. The van der Waals surface area contributed by atoms with Gasteiger partial charge in [0.15, 0.2) is 0 Å². The van der Waals surface area contributed by atoms with Crippen LogP contribution in [-0.4, -0.2) is 61.1 Å². The van der Waals surface area contributed by atoms with Crippen molar-refractivity contribution in [2.75, 3.05) is 45.3 Å². The van der Waals surface area contributed by atoms with Crippen LogP contribution in [0.25, 0.3) is 0 Å². The molecule has 0 unspecified atom stereocenters. The van der Waals surface area contributed by atoms with Crippen molar-refractivity contribution in [3.05, 3.63) is 76.7 Å². The molecule has 1 aromatic heterocycles. The fraction of sp³-hybridized carbons (Fsp3) is 0.357. The number of nitrogens with one attached hydrogen (secondary N) is 1. The number of likely N-dealkylation sites (N-methyl/N-ethyl adjacent to an activating group) is 1. The van der Waals surface area contributed by atoms with E-state index in [-0.39, 0.29) is 5.97 Å². The van der Waals surface area contributed by atoms with E-state index in [9.17, 15) is 4.79 Å². The van der Waals surface area contributed by atoms with E-state index in [2.05, 4.69) is 42.4 Å². The number of carbonyl (C=O) groups is 1. The van der Waals surface area contributed by atoms with E-state index in [1.807, 2.05) is 56.3 Å². The van der Waals surface area contributed by atoms with Crippen LogP contribution < -0.4 is 5.32 Å². The van der Waals surface area contributed by atoms with Crippen LogP contribution in [0.4, 0.5) is 16.4 Å². The maximum Gasteiger partial charge on any atom is 0.320 e. The molecule has 1 saturated heterocycles. The predicted octanol–water partition coefficient (Wildman–Crippen LogP) is 5.43. The van der Waals surface area contributed by atoms with Crippen LogP contribution in [0.3, 0.4) is 0 Å². The molecular formula is C28H33N4O2S+. The van der Waals surface area contributed by atoms with Crippen molar-refractivity contribution in [1.29, 1.82) is 0 Å². The predicted molar refractivity (Wildman–Crippen MR) is 143 cm³/mol. The lowest BCUT2D eigenvalue weighted by molar-refractivity contribution is -0.929. The Morgan fingerprint density at radius 1 is 1.11 bits per heavy atom. The van der Waals surface area contributed by atoms with Gasteiger partial charge in [0.2, 0.25) is 6.73 Å². The van der Waals surface area contributed by atoms with Crippen LogP contribution in [0.2, 0.25) is 0 Å². The first-order valence-corrected chi connectivity index (χ1v) is 12.9. The molecule has 7 heteroatoms. The number of ether oxygens (including phenoxy) is 1. The van der Waals surface area contributed by atoms with Crippen molar-refractivity contribution in [3.63, 3.8) is 0 Å². The number of esters is 1. The van der Waals surface area contributed by atoms with Crippen LogP contribution in [0, 0.1) is 6.92 Å². The number of piperazine rings is 1. The minimum atomic E-state index is -0.676. The van der Waals surface area contributed by atoms with E-state index in [1.165, 1.54) is 4.88 Å². The summed E-state index contributed by atoms with van der Waals surface area (Å²) < 4.78 is 6.59. The molecule has 3 heterocycles. The standard InChI is InChI=1S/C28H33N4O2S/c1-20-18-22-25(29-23-12-8-9-13-24(23)30-26(22)35-20)31-14-16-32(4,17-15-31)19-34-27(33)28(2,3)21-10-6-5-7-11-21/h5-13,18,30H,14-17,19H2,1-4H3/q+1. The summed E-state index contributed by atoms with van der Waals surface area (Å²) in [6, 6.07) is 20.3. The van der Waals surface area contributed by atoms with Crippen LogP contribution in [0.15, 0.2) is 65.7 Å². The van der Waals surface area contributed by atoms with E-state index in [0.717, 1.165) is 59.5 Å². The fourth-order valence-corrected chi connectivity index (χ4v) is 5.56. The molecule has 0 radical (unpaired) electrons. The lowest BCUT2D eigenvalue weighted by Gasteiger charge is -2.42. The van der Waals surface area contributed by atoms with Gasteiger partial charge >= 0.3 is 5.97 Å². The molecule has 0 bridgehead atoms. The van der Waals surface area contributed by atoms with Gasteiger partial charge in [0.25, 0.3) is 0 Å². The smallest absolute Gasteiger partial charge is 0.320 e. The highest BCUT2D eigenvalue weighted by atomic mass is 32.1. The molecule has 2 aliphatic rings. The topological polar surface area (TPSA) is 53.9 Å². The maximum atomic E-state index is 13.0. The lowest BCUT2D eigenvalue weighted by atomic mass is 9.85. The molecule has 35 heavy (non-hydrogen) atoms. The summed E-state index contributed by atoms with van der Waals surface area (Å²) in [6.07, 6.45) is 0. The largest absolute Gasteiger partial charge is 0.414 e. The first kappa shape index (κ1) is 23.6. The zero-order chi connectivity index (χ0) is 24.6. The number of quaternary nitrogens is 1. The zero-order valence-corrected chi connectivity index (χ0v) is 21.7. The molecule has 1 N–H and O–H groups in total. The number of amidine groups is 1. The molecular weight excluding hydrogens is 456 g/mol. The van der Waals surface area contributed by atoms with E-state index in [4.69, 9.17) is 9.73 Å². The second-order valence-corrected chi connectivity index (χ2v) is 11.5. The van der Waals surface area contributed by atoms with Crippen molar-refractivity contribution < 1.29 is 14.0 Å². The Morgan fingerprint density at radius 2 is 1.80 bits per heavy atom. The normalized spacial score (nSPS) is 16.9. The Kier molecular flexibility index (Phi) is 6.15. The van der Waals surface area contributed by atoms with E-state index < -0.39 is 5.41 Å². The number of hydrogen-bond donors (Lipinski definition) is 1. The van der Waals surface area contributed by atoms with Gasteiger partial charge in [-0.1, -0.05) is 42.5 Å². The van der Waals surface area contributed by atoms with E-state index >= 15 is 0 Å². The van der Waals surface area contributed by atoms with Crippen molar-refractivity contribution in [1.82, 2.24) is 4.90 Å². The number of para-hydroxylation sites is 2. The summed E-state index contributed by atoms with van der Waals surface area (Å²) in [5.41, 5.74) is 3.46. The quantitative estimate of drug-likeness (QED) is 0.392. The summed E-state index contributed by atoms with van der Waals surface area (Å²) in [5, 5.41) is 4.73. The van der Waals surface area contributed by atoms with Gasteiger partial charge in [-0.05, 0) is 44.5 Å². The highest BCUT2D eigenvalue weighted by molar-refractivity contribution is 7.16. The van der Waals surface area contributed by atoms with Crippen molar-refractivity contribution >= 4 is 39.5 Å². The summed E-state index contributed by atoms with van der Waals surface area (Å²) >= 11 is 1.77. The number of carbonyl (C=O) groups excluding carboxylic acids is 1. The minimum absolute atomic E-state index is 0.181. The number of aryl methyl sites for hydroxylation is 1. The van der Waals surface area contributed by atoms with Crippen LogP contribution in [0.1, 0.15) is 29.9 Å². The number of rotatable bonds is 4. The van der Waals surface area contributed by atoms with E-state index in [0.29, 0.717) is 11.2 Å². The molecule has 1 fully saturated rings. The Morgan fingerprint density at radius 3 is 2.54 bits per heavy atom. The van der Waals surface area contributed by atoms with Crippen LogP contribution in [0.5, 0.6) is 0 Å². The van der Waals surface area contributed by atoms with Crippen molar-refractivity contribution in [2.24, 2.45) is 4.99 Å². The molecule has 0 aliphatic carbocycles.